The van der Waals surface area contributed by atoms with E-state index in [-0.39, 0.29) is 0 Å². The summed E-state index contributed by atoms with van der Waals surface area (Å²) in [4.78, 5) is 0. The fourth-order valence-electron chi connectivity index (χ4n) is 1.35. The van der Waals surface area contributed by atoms with Gasteiger partial charge in [0.25, 0.3) is 0 Å². The average Bonchev–Trinajstić information content (AvgIpc) is 2.20. The lowest BCUT2D eigenvalue weighted by Gasteiger charge is -2.13. The molecule has 0 saturated heterocycles. The third-order valence-corrected chi connectivity index (χ3v) is 3.11. The minimum absolute atomic E-state index is 0.527. The molecule has 0 aliphatic heterocycles. The highest BCUT2D eigenvalue weighted by Gasteiger charge is 2.02. The Hall–Kier alpha value is -0.540. The van der Waals surface area contributed by atoms with Crippen LogP contribution in [0, 0.1) is 12.8 Å². The summed E-state index contributed by atoms with van der Waals surface area (Å²) < 4.78 is 6.82. The van der Waals surface area contributed by atoms with Crippen LogP contribution >= 0.6 is 15.9 Å². The van der Waals surface area contributed by atoms with Crippen molar-refractivity contribution in [2.24, 2.45) is 5.92 Å². The van der Waals surface area contributed by atoms with Crippen LogP contribution in [0.25, 0.3) is 0 Å². The number of rotatable bonds is 5. The molecule has 0 amide bonds. The molecule has 1 atom stereocenters. The Morgan fingerprint density at radius 3 is 2.80 bits per heavy atom. The van der Waals surface area contributed by atoms with E-state index in [1.54, 1.807) is 0 Å². The summed E-state index contributed by atoms with van der Waals surface area (Å²) in [7, 11) is 1.96. The van der Waals surface area contributed by atoms with Crippen LogP contribution in [0.4, 0.5) is 0 Å². The van der Waals surface area contributed by atoms with Gasteiger partial charge in [-0.2, -0.15) is 0 Å². The molecule has 0 aliphatic carbocycles. The number of halogens is 1. The fourth-order valence-corrected chi connectivity index (χ4v) is 1.60. The van der Waals surface area contributed by atoms with Crippen molar-refractivity contribution in [2.75, 3.05) is 20.2 Å². The van der Waals surface area contributed by atoms with Crippen molar-refractivity contribution in [1.29, 1.82) is 0 Å². The molecule has 3 heteroatoms. The first-order valence-corrected chi connectivity index (χ1v) is 5.96. The number of hydrogen-bond acceptors (Lipinski definition) is 2. The molecule has 0 aromatic heterocycles. The van der Waals surface area contributed by atoms with Crippen LogP contribution in [0.1, 0.15) is 12.5 Å². The van der Waals surface area contributed by atoms with Crippen LogP contribution < -0.4 is 10.1 Å². The maximum Gasteiger partial charge on any atom is 0.119 e. The second kappa shape index (κ2) is 6.13. The van der Waals surface area contributed by atoms with Gasteiger partial charge in [-0.05, 0) is 37.7 Å². The number of aryl methyl sites for hydroxylation is 1. The molecule has 0 spiro atoms. The zero-order valence-electron chi connectivity index (χ0n) is 9.51. The van der Waals surface area contributed by atoms with Crippen LogP contribution in [-0.4, -0.2) is 20.2 Å². The van der Waals surface area contributed by atoms with E-state index in [0.29, 0.717) is 5.92 Å². The molecule has 0 saturated carbocycles. The Balaban J connectivity index is 2.47. The molecule has 0 radical (unpaired) electrons. The van der Waals surface area contributed by atoms with E-state index in [0.717, 1.165) is 23.4 Å². The molecule has 1 aromatic carbocycles. The molecule has 84 valence electrons. The van der Waals surface area contributed by atoms with Crippen LogP contribution in [0.3, 0.4) is 0 Å². The Bertz CT molecular complexity index is 314. The summed E-state index contributed by atoms with van der Waals surface area (Å²) in [6, 6.07) is 6.06. The van der Waals surface area contributed by atoms with Gasteiger partial charge in [-0.3, -0.25) is 0 Å². The van der Waals surface area contributed by atoms with E-state index in [4.69, 9.17) is 4.74 Å². The van der Waals surface area contributed by atoms with Crippen LogP contribution in [0.2, 0.25) is 0 Å². The van der Waals surface area contributed by atoms with E-state index in [1.807, 2.05) is 19.2 Å². The van der Waals surface area contributed by atoms with Crippen molar-refractivity contribution in [3.63, 3.8) is 0 Å². The maximum absolute atomic E-state index is 5.70. The summed E-state index contributed by atoms with van der Waals surface area (Å²) in [6.07, 6.45) is 0. The molecule has 0 heterocycles. The second-order valence-corrected chi connectivity index (χ2v) is 4.74. The number of benzene rings is 1. The molecule has 2 nitrogen and oxygen atoms in total. The molecule has 0 fully saturated rings. The molecular formula is C12H18BrNO. The Morgan fingerprint density at radius 2 is 2.20 bits per heavy atom. The van der Waals surface area contributed by atoms with Gasteiger partial charge in [0.15, 0.2) is 0 Å². The molecule has 1 unspecified atom stereocenters. The smallest absolute Gasteiger partial charge is 0.119 e. The SMILES string of the molecule is CNCC(C)COc1ccc(Br)c(C)c1. The largest absolute Gasteiger partial charge is 0.493 e. The minimum Gasteiger partial charge on any atom is -0.493 e. The van der Waals surface area contributed by atoms with Crippen molar-refractivity contribution in [3.05, 3.63) is 28.2 Å². The summed E-state index contributed by atoms with van der Waals surface area (Å²) >= 11 is 3.47. The van der Waals surface area contributed by atoms with Gasteiger partial charge >= 0.3 is 0 Å². The third kappa shape index (κ3) is 4.22. The second-order valence-electron chi connectivity index (χ2n) is 3.88. The normalized spacial score (nSPS) is 12.5. The van der Waals surface area contributed by atoms with E-state index in [9.17, 15) is 0 Å². The maximum atomic E-state index is 5.70. The fraction of sp³-hybridized carbons (Fsp3) is 0.500. The van der Waals surface area contributed by atoms with Gasteiger partial charge in [0.2, 0.25) is 0 Å². The first kappa shape index (κ1) is 12.5. The zero-order chi connectivity index (χ0) is 11.3. The van der Waals surface area contributed by atoms with Crippen molar-refractivity contribution in [2.45, 2.75) is 13.8 Å². The molecule has 0 aliphatic rings. The van der Waals surface area contributed by atoms with E-state index < -0.39 is 0 Å². The molecule has 15 heavy (non-hydrogen) atoms. The highest BCUT2D eigenvalue weighted by atomic mass is 79.9. The first-order valence-electron chi connectivity index (χ1n) is 5.17. The highest BCUT2D eigenvalue weighted by Crippen LogP contribution is 2.21. The van der Waals surface area contributed by atoms with Gasteiger partial charge in [-0.15, -0.1) is 0 Å². The zero-order valence-corrected chi connectivity index (χ0v) is 11.1. The highest BCUT2D eigenvalue weighted by molar-refractivity contribution is 9.10. The van der Waals surface area contributed by atoms with Crippen LogP contribution in [-0.2, 0) is 0 Å². The summed E-state index contributed by atoms with van der Waals surface area (Å²) in [5.74, 6) is 1.47. The lowest BCUT2D eigenvalue weighted by molar-refractivity contribution is 0.258. The predicted molar refractivity (Wildman–Crippen MR) is 67.5 cm³/mol. The molecular weight excluding hydrogens is 254 g/mol. The molecule has 1 rings (SSSR count). The monoisotopic (exact) mass is 271 g/mol. The number of hydrogen-bond donors (Lipinski definition) is 1. The Kier molecular flexibility index (Phi) is 5.12. The lowest BCUT2D eigenvalue weighted by atomic mass is 10.2. The van der Waals surface area contributed by atoms with Gasteiger partial charge in [0.1, 0.15) is 5.75 Å². The number of ether oxygens (including phenoxy) is 1. The quantitative estimate of drug-likeness (QED) is 0.889. The first-order chi connectivity index (χ1) is 7.13. The average molecular weight is 272 g/mol. The van der Waals surface area contributed by atoms with Gasteiger partial charge in [-0.25, -0.2) is 0 Å². The summed E-state index contributed by atoms with van der Waals surface area (Å²) in [6.45, 7) is 5.97. The van der Waals surface area contributed by atoms with E-state index in [1.165, 1.54) is 5.56 Å². The Morgan fingerprint density at radius 1 is 1.47 bits per heavy atom. The summed E-state index contributed by atoms with van der Waals surface area (Å²) in [5.41, 5.74) is 1.20. The Labute approximate surface area is 100 Å². The van der Waals surface area contributed by atoms with Crippen LogP contribution in [0.15, 0.2) is 22.7 Å². The van der Waals surface area contributed by atoms with Crippen molar-refractivity contribution >= 4 is 15.9 Å². The van der Waals surface area contributed by atoms with Gasteiger partial charge in [0.05, 0.1) is 6.61 Å². The standard InChI is InChI=1S/C12H18BrNO/c1-9(7-14-3)8-15-11-4-5-12(13)10(2)6-11/h4-6,9,14H,7-8H2,1-3H3. The van der Waals surface area contributed by atoms with E-state index in [2.05, 4.69) is 41.2 Å². The van der Waals surface area contributed by atoms with Crippen molar-refractivity contribution in [1.82, 2.24) is 5.32 Å². The lowest BCUT2D eigenvalue weighted by Crippen LogP contribution is -2.21. The molecule has 0 bridgehead atoms. The predicted octanol–water partition coefficient (Wildman–Crippen LogP) is 2.99. The molecule has 1 N–H and O–H groups in total. The molecule has 1 aromatic rings. The topological polar surface area (TPSA) is 21.3 Å². The van der Waals surface area contributed by atoms with Gasteiger partial charge in [0, 0.05) is 16.9 Å². The van der Waals surface area contributed by atoms with E-state index >= 15 is 0 Å². The van der Waals surface area contributed by atoms with Crippen molar-refractivity contribution in [3.8, 4) is 5.75 Å². The number of nitrogens with one attached hydrogen (secondary N) is 1. The van der Waals surface area contributed by atoms with Crippen molar-refractivity contribution < 1.29 is 4.74 Å². The minimum atomic E-state index is 0.527. The van der Waals surface area contributed by atoms with Crippen LogP contribution in [0.5, 0.6) is 5.75 Å². The van der Waals surface area contributed by atoms with Gasteiger partial charge < -0.3 is 10.1 Å². The van der Waals surface area contributed by atoms with Gasteiger partial charge in [-0.1, -0.05) is 22.9 Å². The summed E-state index contributed by atoms with van der Waals surface area (Å²) in [5, 5.41) is 3.14. The third-order valence-electron chi connectivity index (χ3n) is 2.22.